The van der Waals surface area contributed by atoms with Gasteiger partial charge in [0.1, 0.15) is 0 Å². The molecule has 0 saturated carbocycles. The first kappa shape index (κ1) is 15.7. The average molecular weight is 427 g/mol. The van der Waals surface area contributed by atoms with Crippen molar-refractivity contribution < 1.29 is 0 Å². The molecule has 0 bridgehead atoms. The quantitative estimate of drug-likeness (QED) is 0.190. The molecule has 0 unspecified atom stereocenters. The van der Waals surface area contributed by atoms with Gasteiger partial charge in [0.15, 0.2) is 0 Å². The SMILES string of the molecule is Cc1cc2cc3cc4cc5cc(-c6ccccc6)sc5cc4cc3cc2[se]1. The molecule has 0 spiro atoms. The summed E-state index contributed by atoms with van der Waals surface area (Å²) in [7, 11) is 0. The predicted molar refractivity (Wildman–Crippen MR) is 121 cm³/mol. The van der Waals surface area contributed by atoms with Crippen LogP contribution < -0.4 is 0 Å². The van der Waals surface area contributed by atoms with E-state index in [1.54, 1.807) is 0 Å². The molecule has 6 rings (SSSR count). The number of rotatable bonds is 1. The molecule has 2 aromatic heterocycles. The molecular formula is C25H16SSe. The van der Waals surface area contributed by atoms with E-state index >= 15 is 0 Å². The second kappa shape index (κ2) is 5.81. The van der Waals surface area contributed by atoms with Crippen molar-refractivity contribution in [3.8, 4) is 10.4 Å². The van der Waals surface area contributed by atoms with E-state index in [9.17, 15) is 0 Å². The zero-order valence-electron chi connectivity index (χ0n) is 14.8. The van der Waals surface area contributed by atoms with E-state index in [0.29, 0.717) is 14.5 Å². The van der Waals surface area contributed by atoms with E-state index in [2.05, 4.69) is 85.8 Å². The van der Waals surface area contributed by atoms with Crippen LogP contribution in [0, 0.1) is 6.92 Å². The fourth-order valence-electron chi connectivity index (χ4n) is 3.95. The van der Waals surface area contributed by atoms with Gasteiger partial charge >= 0.3 is 162 Å². The molecule has 128 valence electrons. The van der Waals surface area contributed by atoms with Gasteiger partial charge in [0, 0.05) is 0 Å². The number of fused-ring (bicyclic) bond motifs is 4. The molecule has 0 atom stereocenters. The normalized spacial score (nSPS) is 11.9. The first-order valence-electron chi connectivity index (χ1n) is 9.10. The van der Waals surface area contributed by atoms with Crippen LogP contribution in [-0.2, 0) is 0 Å². The van der Waals surface area contributed by atoms with Crippen LogP contribution in [0.3, 0.4) is 0 Å². The van der Waals surface area contributed by atoms with Crippen molar-refractivity contribution in [3.63, 3.8) is 0 Å². The second-order valence-corrected chi connectivity index (χ2v) is 10.9. The van der Waals surface area contributed by atoms with Crippen LogP contribution in [0.25, 0.3) is 51.7 Å². The molecule has 0 aliphatic heterocycles. The van der Waals surface area contributed by atoms with Crippen molar-refractivity contribution in [1.29, 1.82) is 0 Å². The molecule has 0 amide bonds. The first-order valence-corrected chi connectivity index (χ1v) is 11.6. The van der Waals surface area contributed by atoms with Gasteiger partial charge in [0.2, 0.25) is 0 Å². The van der Waals surface area contributed by atoms with Gasteiger partial charge in [-0.05, 0) is 0 Å². The molecule has 0 saturated heterocycles. The van der Waals surface area contributed by atoms with Gasteiger partial charge in [-0.15, -0.1) is 0 Å². The average Bonchev–Trinajstić information content (AvgIpc) is 3.24. The molecule has 27 heavy (non-hydrogen) atoms. The van der Waals surface area contributed by atoms with Crippen LogP contribution in [0.2, 0.25) is 0 Å². The van der Waals surface area contributed by atoms with Crippen LogP contribution in [-0.4, -0.2) is 14.5 Å². The summed E-state index contributed by atoms with van der Waals surface area (Å²) in [6.07, 6.45) is 0. The Balaban J connectivity index is 1.61. The van der Waals surface area contributed by atoms with Crippen LogP contribution in [0.4, 0.5) is 0 Å². The summed E-state index contributed by atoms with van der Waals surface area (Å²) in [5, 5.41) is 8.14. The molecule has 0 radical (unpaired) electrons. The zero-order chi connectivity index (χ0) is 18.0. The molecule has 2 heteroatoms. The van der Waals surface area contributed by atoms with Gasteiger partial charge in [0.05, 0.1) is 0 Å². The number of hydrogen-bond acceptors (Lipinski definition) is 1. The van der Waals surface area contributed by atoms with Crippen LogP contribution >= 0.6 is 11.3 Å². The van der Waals surface area contributed by atoms with E-state index < -0.39 is 0 Å². The van der Waals surface area contributed by atoms with E-state index in [4.69, 9.17) is 0 Å². The minimum atomic E-state index is 0.501. The van der Waals surface area contributed by atoms with Gasteiger partial charge in [-0.3, -0.25) is 0 Å². The number of aryl methyl sites for hydroxylation is 1. The van der Waals surface area contributed by atoms with Crippen molar-refractivity contribution in [2.75, 3.05) is 0 Å². The molecule has 0 nitrogen and oxygen atoms in total. The van der Waals surface area contributed by atoms with E-state index in [0.717, 1.165) is 0 Å². The Kier molecular flexibility index (Phi) is 3.37. The summed E-state index contributed by atoms with van der Waals surface area (Å²) in [6, 6.07) is 29.6. The van der Waals surface area contributed by atoms with E-state index in [1.165, 1.54) is 56.2 Å². The van der Waals surface area contributed by atoms with Gasteiger partial charge in [-0.2, -0.15) is 0 Å². The summed E-state index contributed by atoms with van der Waals surface area (Å²) in [5.74, 6) is 0. The van der Waals surface area contributed by atoms with Crippen molar-refractivity contribution in [2.45, 2.75) is 6.92 Å². The van der Waals surface area contributed by atoms with E-state index in [-0.39, 0.29) is 0 Å². The Morgan fingerprint density at radius 3 is 2.11 bits per heavy atom. The monoisotopic (exact) mass is 428 g/mol. The maximum absolute atomic E-state index is 2.41. The Bertz CT molecular complexity index is 1380. The molecule has 0 aliphatic carbocycles. The van der Waals surface area contributed by atoms with E-state index in [1.807, 2.05) is 11.3 Å². The molecule has 0 fully saturated rings. The second-order valence-electron chi connectivity index (χ2n) is 7.16. The third kappa shape index (κ3) is 2.56. The molecule has 6 aromatic rings. The minimum absolute atomic E-state index is 0.501. The van der Waals surface area contributed by atoms with Crippen molar-refractivity contribution in [3.05, 3.63) is 83.3 Å². The third-order valence-corrected chi connectivity index (χ3v) is 8.52. The standard InChI is InChI=1S/C25H16SSe/c1-15-7-22-11-18-8-17-10-21-13-23(16-5-3-2-4-6-16)26-24(21)12-19(17)9-20(18)14-25(22)27-15/h2-14H,1H3. The number of hydrogen-bond donors (Lipinski definition) is 0. The molecule has 0 N–H and O–H groups in total. The van der Waals surface area contributed by atoms with Gasteiger partial charge in [-0.1, -0.05) is 6.07 Å². The third-order valence-electron chi connectivity index (χ3n) is 5.25. The first-order chi connectivity index (χ1) is 13.2. The number of thiophene rings is 1. The fourth-order valence-corrected chi connectivity index (χ4v) is 7.05. The Labute approximate surface area is 167 Å². The maximum atomic E-state index is 2.41. The summed E-state index contributed by atoms with van der Waals surface area (Å²) in [4.78, 5) is 1.34. The summed E-state index contributed by atoms with van der Waals surface area (Å²) in [6.45, 7) is 2.25. The Morgan fingerprint density at radius 2 is 1.30 bits per heavy atom. The van der Waals surface area contributed by atoms with Gasteiger partial charge in [0.25, 0.3) is 0 Å². The van der Waals surface area contributed by atoms with Crippen molar-refractivity contribution >= 4 is 67.1 Å². The Hall–Kier alpha value is -2.38. The number of benzene rings is 4. The fraction of sp³-hybridized carbons (Fsp3) is 0.0400. The topological polar surface area (TPSA) is 0 Å². The predicted octanol–water partition coefficient (Wildman–Crippen LogP) is 7.39. The summed E-state index contributed by atoms with van der Waals surface area (Å²) in [5.41, 5.74) is 1.30. The van der Waals surface area contributed by atoms with Crippen LogP contribution in [0.15, 0.2) is 78.9 Å². The molecule has 0 aliphatic rings. The zero-order valence-corrected chi connectivity index (χ0v) is 17.4. The summed E-state index contributed by atoms with van der Waals surface area (Å²) >= 11 is 2.39. The van der Waals surface area contributed by atoms with Crippen LogP contribution in [0.5, 0.6) is 0 Å². The van der Waals surface area contributed by atoms with Gasteiger partial charge < -0.3 is 0 Å². The molecule has 2 heterocycles. The van der Waals surface area contributed by atoms with Crippen LogP contribution in [0.1, 0.15) is 4.44 Å². The van der Waals surface area contributed by atoms with Crippen molar-refractivity contribution in [1.82, 2.24) is 0 Å². The summed E-state index contributed by atoms with van der Waals surface area (Å²) < 4.78 is 4.41. The van der Waals surface area contributed by atoms with Crippen molar-refractivity contribution in [2.24, 2.45) is 0 Å². The molecule has 4 aromatic carbocycles. The molecular weight excluding hydrogens is 411 g/mol. The Morgan fingerprint density at radius 1 is 0.630 bits per heavy atom. The van der Waals surface area contributed by atoms with Gasteiger partial charge in [-0.25, -0.2) is 0 Å².